The van der Waals surface area contributed by atoms with Gasteiger partial charge in [0.25, 0.3) is 0 Å². The van der Waals surface area contributed by atoms with Gasteiger partial charge in [-0.2, -0.15) is 0 Å². The average Bonchev–Trinajstić information content (AvgIpc) is 2.54. The minimum absolute atomic E-state index is 0.371. The van der Waals surface area contributed by atoms with E-state index in [2.05, 4.69) is 0 Å². The normalized spacial score (nSPS) is 13.1. The molecular weight excluding hydrogens is 410 g/mol. The summed E-state index contributed by atoms with van der Waals surface area (Å²) < 4.78 is 27.7. The molecule has 0 aliphatic heterocycles. The Balaban J connectivity index is 3.90. The lowest BCUT2D eigenvalue weighted by molar-refractivity contribution is 0.330. The monoisotopic (exact) mass is 440 g/mol. The van der Waals surface area contributed by atoms with Gasteiger partial charge in [-0.25, -0.2) is 0 Å². The first kappa shape index (κ1) is 24.7. The molecule has 0 aliphatic carbocycles. The molecule has 0 atom stereocenters. The Kier molecular flexibility index (Phi) is 8.23. The summed E-state index contributed by atoms with van der Waals surface area (Å²) in [5, 5.41) is 0. The minimum Gasteiger partial charge on any atom is -0.493 e. The molecule has 0 spiro atoms. The second-order valence-electron chi connectivity index (χ2n) is 6.29. The van der Waals surface area contributed by atoms with Crippen LogP contribution in [0.4, 0.5) is 0 Å². The zero-order chi connectivity index (χ0) is 21.2. The van der Waals surface area contributed by atoms with E-state index in [1.807, 2.05) is 34.6 Å². The molecule has 0 fully saturated rings. The van der Waals surface area contributed by atoms with Crippen LogP contribution in [0.2, 0.25) is 0 Å². The van der Waals surface area contributed by atoms with Crippen molar-refractivity contribution >= 4 is 27.0 Å². The van der Waals surface area contributed by atoms with Crippen LogP contribution in [0.1, 0.15) is 56.4 Å². The molecule has 0 saturated carbocycles. The minimum atomic E-state index is -5.14. The third-order valence-electron chi connectivity index (χ3n) is 4.77. The van der Waals surface area contributed by atoms with Crippen molar-refractivity contribution in [2.45, 2.75) is 69.9 Å². The zero-order valence-electron chi connectivity index (χ0n) is 16.6. The molecule has 1 aromatic rings. The fourth-order valence-electron chi connectivity index (χ4n) is 3.35. The summed E-state index contributed by atoms with van der Waals surface area (Å²) in [6.45, 7) is 11.3. The van der Waals surface area contributed by atoms with Gasteiger partial charge in [-0.1, -0.05) is 32.5 Å². The van der Waals surface area contributed by atoms with Gasteiger partial charge in [0.2, 0.25) is 4.23 Å². The van der Waals surface area contributed by atoms with E-state index in [9.17, 15) is 28.7 Å². The van der Waals surface area contributed by atoms with Crippen molar-refractivity contribution in [3.63, 3.8) is 0 Å². The largest absolute Gasteiger partial charge is 0.493 e. The highest BCUT2D eigenvalue weighted by molar-refractivity contribution is 8.13. The second kappa shape index (κ2) is 9.00. The summed E-state index contributed by atoms with van der Waals surface area (Å²) in [5.41, 5.74) is 3.26. The highest BCUT2D eigenvalue weighted by Crippen LogP contribution is 2.77. The molecule has 0 aliphatic rings. The molecule has 0 heterocycles. The van der Waals surface area contributed by atoms with E-state index < -0.39 is 19.4 Å². The third kappa shape index (κ3) is 4.48. The number of thioether (sulfide) groups is 1. The van der Waals surface area contributed by atoms with Crippen LogP contribution < -0.4 is 4.74 Å². The average molecular weight is 440 g/mol. The van der Waals surface area contributed by atoms with Crippen LogP contribution in [0.5, 0.6) is 5.75 Å². The molecule has 0 radical (unpaired) electrons. The Labute approximate surface area is 165 Å². The molecular formula is C17H30O7P2S. The van der Waals surface area contributed by atoms with E-state index in [1.165, 1.54) is 6.92 Å². The Hall–Kier alpha value is -0.330. The molecule has 4 N–H and O–H groups in total. The van der Waals surface area contributed by atoms with Gasteiger partial charge in [-0.3, -0.25) is 9.13 Å². The first-order valence-corrected chi connectivity index (χ1v) is 12.9. The van der Waals surface area contributed by atoms with Crippen LogP contribution >= 0.6 is 27.0 Å². The Morgan fingerprint density at radius 3 is 1.56 bits per heavy atom. The van der Waals surface area contributed by atoms with Gasteiger partial charge in [-0.05, 0) is 62.3 Å². The number of rotatable bonds is 9. The summed E-state index contributed by atoms with van der Waals surface area (Å²) in [7, 11) is -10.3. The molecule has 0 amide bonds. The van der Waals surface area contributed by atoms with Gasteiger partial charge < -0.3 is 24.3 Å². The van der Waals surface area contributed by atoms with E-state index >= 15 is 0 Å². The predicted octanol–water partition coefficient (Wildman–Crippen LogP) is 4.34. The Morgan fingerprint density at radius 1 is 0.889 bits per heavy atom. The van der Waals surface area contributed by atoms with Crippen LogP contribution in [0, 0.1) is 13.8 Å². The molecule has 7 nitrogen and oxygen atoms in total. The quantitative estimate of drug-likeness (QED) is 0.330. The number of ether oxygens (including phenoxy) is 1. The van der Waals surface area contributed by atoms with Gasteiger partial charge in [0.05, 0.1) is 6.61 Å². The third-order valence-corrected chi connectivity index (χ3v) is 12.1. The summed E-state index contributed by atoms with van der Waals surface area (Å²) in [6, 6.07) is 0. The molecule has 0 bridgehead atoms. The van der Waals surface area contributed by atoms with E-state index in [0.29, 0.717) is 36.1 Å². The van der Waals surface area contributed by atoms with Crippen LogP contribution in [0.3, 0.4) is 0 Å². The highest BCUT2D eigenvalue weighted by atomic mass is 32.2. The van der Waals surface area contributed by atoms with Crippen LogP contribution in [0.15, 0.2) is 4.90 Å². The van der Waals surface area contributed by atoms with E-state index in [4.69, 9.17) is 4.74 Å². The summed E-state index contributed by atoms with van der Waals surface area (Å²) in [6.07, 6.45) is 0.719. The fraction of sp³-hybridized carbons (Fsp3) is 0.647. The van der Waals surface area contributed by atoms with E-state index in [0.717, 1.165) is 28.0 Å². The van der Waals surface area contributed by atoms with Crippen molar-refractivity contribution in [1.82, 2.24) is 0 Å². The lowest BCUT2D eigenvalue weighted by Gasteiger charge is -2.35. The summed E-state index contributed by atoms with van der Waals surface area (Å²) in [5.74, 6) is 0.727. The van der Waals surface area contributed by atoms with Gasteiger partial charge in [-0.15, -0.1) is 0 Å². The standard InChI is InChI=1S/C17H30O7P2S/c1-7-13-11(5)15(24-10-4)12(6)14(8-2)16(13)27-17(9-3,25(18,19)20)26(21,22)23/h7-10H2,1-6H3,(H2,18,19,20)(H2,21,22,23). The van der Waals surface area contributed by atoms with Gasteiger partial charge >= 0.3 is 15.2 Å². The summed E-state index contributed by atoms with van der Waals surface area (Å²) >= 11 is 0.626. The van der Waals surface area contributed by atoms with Crippen LogP contribution in [-0.4, -0.2) is 30.4 Å². The van der Waals surface area contributed by atoms with Crippen molar-refractivity contribution in [1.29, 1.82) is 0 Å². The van der Waals surface area contributed by atoms with Gasteiger partial charge in [0.1, 0.15) is 5.75 Å². The first-order chi connectivity index (χ1) is 12.3. The lowest BCUT2D eigenvalue weighted by atomic mass is 9.95. The predicted molar refractivity (Wildman–Crippen MR) is 109 cm³/mol. The zero-order valence-corrected chi connectivity index (χ0v) is 19.3. The smallest absolute Gasteiger partial charge is 0.354 e. The second-order valence-corrected chi connectivity index (χ2v) is 12.3. The van der Waals surface area contributed by atoms with Crippen molar-refractivity contribution < 1.29 is 33.4 Å². The molecule has 156 valence electrons. The first-order valence-electron chi connectivity index (χ1n) is 8.90. The van der Waals surface area contributed by atoms with Crippen LogP contribution in [0.25, 0.3) is 0 Å². The van der Waals surface area contributed by atoms with Crippen molar-refractivity contribution in [3.05, 3.63) is 22.3 Å². The maximum atomic E-state index is 12.2. The number of benzene rings is 1. The van der Waals surface area contributed by atoms with E-state index in [-0.39, 0.29) is 6.42 Å². The van der Waals surface area contributed by atoms with Gasteiger partial charge in [0.15, 0.2) is 0 Å². The molecule has 1 aromatic carbocycles. The van der Waals surface area contributed by atoms with Gasteiger partial charge in [0, 0.05) is 4.90 Å². The molecule has 1 rings (SSSR count). The molecule has 0 saturated heterocycles. The van der Waals surface area contributed by atoms with Crippen LogP contribution in [-0.2, 0) is 22.0 Å². The Morgan fingerprint density at radius 2 is 1.30 bits per heavy atom. The highest BCUT2D eigenvalue weighted by Gasteiger charge is 2.60. The molecule has 0 unspecified atom stereocenters. The summed E-state index contributed by atoms with van der Waals surface area (Å²) in [4.78, 5) is 40.1. The van der Waals surface area contributed by atoms with E-state index in [1.54, 1.807) is 0 Å². The number of hydrogen-bond acceptors (Lipinski definition) is 4. The lowest BCUT2D eigenvalue weighted by Crippen LogP contribution is -2.25. The molecule has 10 heteroatoms. The fourth-order valence-corrected chi connectivity index (χ4v) is 8.34. The Bertz CT molecular complexity index is 729. The van der Waals surface area contributed by atoms with Crippen molar-refractivity contribution in [3.8, 4) is 5.75 Å². The SMILES string of the molecule is CCOc1c(C)c(CC)c(SC(CC)(P(=O)(O)O)P(=O)(O)O)c(CC)c1C. The molecule has 0 aromatic heterocycles. The number of hydrogen-bond donors (Lipinski definition) is 4. The molecule has 27 heavy (non-hydrogen) atoms. The van der Waals surface area contributed by atoms with Crippen molar-refractivity contribution in [2.75, 3.05) is 6.61 Å². The maximum Gasteiger partial charge on any atom is 0.354 e. The topological polar surface area (TPSA) is 124 Å². The van der Waals surface area contributed by atoms with Crippen molar-refractivity contribution in [2.24, 2.45) is 0 Å². The maximum absolute atomic E-state index is 12.2.